The highest BCUT2D eigenvalue weighted by Gasteiger charge is 2.30. The van der Waals surface area contributed by atoms with Gasteiger partial charge in [-0.1, -0.05) is 11.6 Å². The van der Waals surface area contributed by atoms with Crippen molar-refractivity contribution in [2.45, 2.75) is 25.0 Å². The first-order valence-corrected chi connectivity index (χ1v) is 5.97. The van der Waals surface area contributed by atoms with Crippen molar-refractivity contribution >= 4 is 23.2 Å². The molecule has 0 bridgehead atoms. The summed E-state index contributed by atoms with van der Waals surface area (Å²) in [6.45, 7) is 0.691. The summed E-state index contributed by atoms with van der Waals surface area (Å²) in [7, 11) is 0. The Kier molecular flexibility index (Phi) is 3.86. The molecule has 2 unspecified atom stereocenters. The molecule has 1 heterocycles. The third kappa shape index (κ3) is 3.11. The topological polar surface area (TPSA) is 64.4 Å². The maximum absolute atomic E-state index is 11.4. The van der Waals surface area contributed by atoms with Gasteiger partial charge in [-0.05, 0) is 37.1 Å². The highest BCUT2D eigenvalue weighted by atomic mass is 35.5. The Balaban J connectivity index is 2.06. The van der Waals surface area contributed by atoms with Crippen LogP contribution in [-0.4, -0.2) is 24.7 Å². The molecule has 1 aromatic rings. The van der Waals surface area contributed by atoms with Crippen LogP contribution in [0.25, 0.3) is 0 Å². The summed E-state index contributed by atoms with van der Waals surface area (Å²) in [5, 5.41) is 3.75. The van der Waals surface area contributed by atoms with Crippen molar-refractivity contribution in [2.75, 3.05) is 11.9 Å². The van der Waals surface area contributed by atoms with Crippen molar-refractivity contribution in [1.29, 1.82) is 0 Å². The lowest BCUT2D eigenvalue weighted by Gasteiger charge is -2.22. The quantitative estimate of drug-likeness (QED) is 0.861. The molecular formula is C12H15ClN2O2. The third-order valence-corrected chi connectivity index (χ3v) is 3.06. The maximum Gasteiger partial charge on any atom is 0.242 e. The zero-order valence-corrected chi connectivity index (χ0v) is 10.1. The maximum atomic E-state index is 11.4. The SMILES string of the molecule is NC(=O)C(Nc1ccc(Cl)cc1)C1CCCO1. The highest BCUT2D eigenvalue weighted by Crippen LogP contribution is 2.20. The standard InChI is InChI=1S/C12H15ClN2O2/c13-8-3-5-9(6-4-8)15-11(12(14)16)10-2-1-7-17-10/h3-6,10-11,15H,1-2,7H2,(H2,14,16). The van der Waals surface area contributed by atoms with Gasteiger partial charge in [-0.2, -0.15) is 0 Å². The average Bonchev–Trinajstić information content (AvgIpc) is 2.81. The van der Waals surface area contributed by atoms with Crippen LogP contribution in [0.15, 0.2) is 24.3 Å². The number of hydrogen-bond donors (Lipinski definition) is 2. The first kappa shape index (κ1) is 12.2. The molecule has 1 aliphatic rings. The normalized spacial score (nSPS) is 21.1. The molecule has 2 rings (SSSR count). The van der Waals surface area contributed by atoms with Gasteiger partial charge in [0.25, 0.3) is 0 Å². The van der Waals surface area contributed by atoms with E-state index in [1.807, 2.05) is 12.1 Å². The number of hydrogen-bond acceptors (Lipinski definition) is 3. The summed E-state index contributed by atoms with van der Waals surface area (Å²) in [6, 6.07) is 6.66. The van der Waals surface area contributed by atoms with Crippen LogP contribution in [0.5, 0.6) is 0 Å². The number of primary amides is 1. The van der Waals surface area contributed by atoms with Crippen LogP contribution in [0.3, 0.4) is 0 Å². The lowest BCUT2D eigenvalue weighted by molar-refractivity contribution is -0.121. The van der Waals surface area contributed by atoms with Crippen LogP contribution in [0, 0.1) is 0 Å². The van der Waals surface area contributed by atoms with Gasteiger partial charge in [-0.3, -0.25) is 4.79 Å². The number of benzene rings is 1. The number of nitrogens with two attached hydrogens (primary N) is 1. The van der Waals surface area contributed by atoms with Crippen LogP contribution < -0.4 is 11.1 Å². The number of amides is 1. The van der Waals surface area contributed by atoms with E-state index >= 15 is 0 Å². The number of ether oxygens (including phenoxy) is 1. The zero-order valence-electron chi connectivity index (χ0n) is 9.36. The predicted molar refractivity (Wildman–Crippen MR) is 67.0 cm³/mol. The second kappa shape index (κ2) is 5.38. The number of halogens is 1. The molecular weight excluding hydrogens is 240 g/mol. The van der Waals surface area contributed by atoms with Crippen molar-refractivity contribution in [3.8, 4) is 0 Å². The molecule has 1 aliphatic heterocycles. The van der Waals surface area contributed by atoms with Crippen LogP contribution in [-0.2, 0) is 9.53 Å². The molecule has 3 N–H and O–H groups in total. The van der Waals surface area contributed by atoms with Gasteiger partial charge >= 0.3 is 0 Å². The molecule has 0 aromatic heterocycles. The fourth-order valence-corrected chi connectivity index (χ4v) is 2.06. The van der Waals surface area contributed by atoms with Crippen LogP contribution in [0.2, 0.25) is 5.02 Å². The minimum Gasteiger partial charge on any atom is -0.376 e. The summed E-state index contributed by atoms with van der Waals surface area (Å²) in [5.41, 5.74) is 6.20. The second-order valence-electron chi connectivity index (χ2n) is 4.08. The number of anilines is 1. The van der Waals surface area contributed by atoms with E-state index < -0.39 is 11.9 Å². The summed E-state index contributed by atoms with van der Waals surface area (Å²) >= 11 is 5.79. The smallest absolute Gasteiger partial charge is 0.242 e. The summed E-state index contributed by atoms with van der Waals surface area (Å²) < 4.78 is 5.48. The highest BCUT2D eigenvalue weighted by molar-refractivity contribution is 6.30. The Morgan fingerprint density at radius 3 is 2.71 bits per heavy atom. The lowest BCUT2D eigenvalue weighted by atomic mass is 10.1. The third-order valence-electron chi connectivity index (χ3n) is 2.81. The Morgan fingerprint density at radius 1 is 1.47 bits per heavy atom. The molecule has 1 aromatic carbocycles. The Morgan fingerprint density at radius 2 is 2.18 bits per heavy atom. The molecule has 1 amide bonds. The van der Waals surface area contributed by atoms with Gasteiger partial charge in [0.1, 0.15) is 6.04 Å². The zero-order chi connectivity index (χ0) is 12.3. The van der Waals surface area contributed by atoms with Crippen LogP contribution in [0.1, 0.15) is 12.8 Å². The minimum absolute atomic E-state index is 0.136. The van der Waals surface area contributed by atoms with E-state index in [1.165, 1.54) is 0 Å². The van der Waals surface area contributed by atoms with Crippen LogP contribution >= 0.6 is 11.6 Å². The van der Waals surface area contributed by atoms with E-state index in [0.717, 1.165) is 18.5 Å². The van der Waals surface area contributed by atoms with E-state index in [1.54, 1.807) is 12.1 Å². The van der Waals surface area contributed by atoms with Gasteiger partial charge in [-0.25, -0.2) is 0 Å². The molecule has 17 heavy (non-hydrogen) atoms. The molecule has 0 radical (unpaired) electrons. The molecule has 92 valence electrons. The molecule has 0 spiro atoms. The monoisotopic (exact) mass is 254 g/mol. The van der Waals surface area contributed by atoms with Crippen LogP contribution in [0.4, 0.5) is 5.69 Å². The second-order valence-corrected chi connectivity index (χ2v) is 4.52. The van der Waals surface area contributed by atoms with Crippen molar-refractivity contribution in [3.63, 3.8) is 0 Å². The first-order valence-electron chi connectivity index (χ1n) is 5.60. The van der Waals surface area contributed by atoms with E-state index in [4.69, 9.17) is 22.1 Å². The Hall–Kier alpha value is -1.26. The van der Waals surface area contributed by atoms with Crippen molar-refractivity contribution < 1.29 is 9.53 Å². The fourth-order valence-electron chi connectivity index (χ4n) is 1.94. The average molecular weight is 255 g/mol. The molecule has 0 saturated carbocycles. The van der Waals surface area contributed by atoms with E-state index in [9.17, 15) is 4.79 Å². The molecule has 5 heteroatoms. The van der Waals surface area contributed by atoms with Gasteiger partial charge in [-0.15, -0.1) is 0 Å². The number of carbonyl (C=O) groups excluding carboxylic acids is 1. The molecule has 1 fully saturated rings. The fraction of sp³-hybridized carbons (Fsp3) is 0.417. The molecule has 2 atom stereocenters. The Labute approximate surface area is 105 Å². The van der Waals surface area contributed by atoms with Crippen molar-refractivity contribution in [2.24, 2.45) is 5.73 Å². The van der Waals surface area contributed by atoms with E-state index in [0.29, 0.717) is 11.6 Å². The van der Waals surface area contributed by atoms with Gasteiger partial charge < -0.3 is 15.8 Å². The predicted octanol–water partition coefficient (Wildman–Crippen LogP) is 1.78. The molecule has 1 saturated heterocycles. The minimum atomic E-state index is -0.487. The largest absolute Gasteiger partial charge is 0.376 e. The number of carbonyl (C=O) groups is 1. The lowest BCUT2D eigenvalue weighted by Crippen LogP contribution is -2.44. The van der Waals surface area contributed by atoms with Crippen molar-refractivity contribution in [3.05, 3.63) is 29.3 Å². The number of rotatable bonds is 4. The van der Waals surface area contributed by atoms with Gasteiger partial charge in [0, 0.05) is 17.3 Å². The van der Waals surface area contributed by atoms with Crippen molar-refractivity contribution in [1.82, 2.24) is 0 Å². The molecule has 0 aliphatic carbocycles. The summed E-state index contributed by atoms with van der Waals surface area (Å²) in [6.07, 6.45) is 1.69. The van der Waals surface area contributed by atoms with E-state index in [2.05, 4.69) is 5.32 Å². The Bertz CT molecular complexity index is 388. The molecule has 4 nitrogen and oxygen atoms in total. The number of nitrogens with one attached hydrogen (secondary N) is 1. The summed E-state index contributed by atoms with van der Waals surface area (Å²) in [5.74, 6) is -0.396. The summed E-state index contributed by atoms with van der Waals surface area (Å²) in [4.78, 5) is 11.4. The first-order chi connectivity index (χ1) is 8.16. The van der Waals surface area contributed by atoms with Gasteiger partial charge in [0.15, 0.2) is 0 Å². The van der Waals surface area contributed by atoms with Gasteiger partial charge in [0.05, 0.1) is 6.10 Å². The van der Waals surface area contributed by atoms with E-state index in [-0.39, 0.29) is 6.10 Å². The van der Waals surface area contributed by atoms with Gasteiger partial charge in [0.2, 0.25) is 5.91 Å².